The molecule has 0 N–H and O–H groups in total. The number of aromatic nitrogens is 1. The quantitative estimate of drug-likeness (QED) is 0.461. The number of amides is 1. The molecule has 0 unspecified atom stereocenters. The molecule has 6 nitrogen and oxygen atoms in total. The molecule has 2 heterocycles. The van der Waals surface area contributed by atoms with Gasteiger partial charge in [-0.3, -0.25) is 9.78 Å². The Kier molecular flexibility index (Phi) is 5.34. The molecule has 0 bridgehead atoms. The Labute approximate surface area is 191 Å². The molecule has 1 aromatic heterocycles. The predicted molar refractivity (Wildman–Crippen MR) is 125 cm³/mol. The van der Waals surface area contributed by atoms with Crippen LogP contribution in [0.5, 0.6) is 0 Å². The van der Waals surface area contributed by atoms with E-state index in [0.29, 0.717) is 22.2 Å². The van der Waals surface area contributed by atoms with E-state index in [0.717, 1.165) is 10.8 Å². The van der Waals surface area contributed by atoms with Crippen LogP contribution in [0.2, 0.25) is 0 Å². The van der Waals surface area contributed by atoms with Crippen LogP contribution in [0.3, 0.4) is 0 Å². The van der Waals surface area contributed by atoms with Gasteiger partial charge in [0.2, 0.25) is 10.0 Å². The van der Waals surface area contributed by atoms with Crippen molar-refractivity contribution in [3.05, 3.63) is 83.8 Å². The van der Waals surface area contributed by atoms with E-state index in [1.807, 2.05) is 30.3 Å². The number of benzene rings is 3. The molecule has 1 aliphatic rings. The lowest BCUT2D eigenvalue weighted by Gasteiger charge is -2.34. The maximum absolute atomic E-state index is 13.6. The van der Waals surface area contributed by atoms with Gasteiger partial charge in [-0.25, -0.2) is 12.8 Å². The van der Waals surface area contributed by atoms with Crippen LogP contribution in [-0.4, -0.2) is 54.7 Å². The van der Waals surface area contributed by atoms with E-state index in [9.17, 15) is 17.6 Å². The minimum atomic E-state index is -3.67. The Morgan fingerprint density at radius 3 is 2.39 bits per heavy atom. The van der Waals surface area contributed by atoms with Crippen molar-refractivity contribution in [1.82, 2.24) is 14.2 Å². The van der Waals surface area contributed by atoms with E-state index in [1.165, 1.54) is 16.4 Å². The lowest BCUT2D eigenvalue weighted by atomic mass is 10.1. The van der Waals surface area contributed by atoms with Crippen molar-refractivity contribution in [3.63, 3.8) is 0 Å². The highest BCUT2D eigenvalue weighted by atomic mass is 32.2. The van der Waals surface area contributed by atoms with Gasteiger partial charge in [-0.05, 0) is 48.0 Å². The molecule has 8 heteroatoms. The van der Waals surface area contributed by atoms with E-state index in [1.54, 1.807) is 36.1 Å². The molecule has 1 amide bonds. The summed E-state index contributed by atoms with van der Waals surface area (Å²) in [6, 6.07) is 18.6. The van der Waals surface area contributed by atoms with E-state index in [-0.39, 0.29) is 37.0 Å². The molecule has 1 fully saturated rings. The third-order valence-corrected chi connectivity index (χ3v) is 7.91. The number of hydrogen-bond acceptors (Lipinski definition) is 4. The topological polar surface area (TPSA) is 70.6 Å². The summed E-state index contributed by atoms with van der Waals surface area (Å²) in [4.78, 5) is 19.5. The van der Waals surface area contributed by atoms with Crippen molar-refractivity contribution in [2.75, 3.05) is 26.2 Å². The fourth-order valence-corrected chi connectivity index (χ4v) is 5.75. The SMILES string of the molecule is Cc1cc(C(=O)N2CCN(S(=O)(=O)c3ccc4ccccc4c3)CC2)c2ccc(F)cc2n1. The summed E-state index contributed by atoms with van der Waals surface area (Å²) in [7, 11) is -3.67. The van der Waals surface area contributed by atoms with Gasteiger partial charge in [0.1, 0.15) is 5.82 Å². The number of hydrogen-bond donors (Lipinski definition) is 0. The molecule has 0 radical (unpaired) electrons. The van der Waals surface area contributed by atoms with Crippen LogP contribution in [0.4, 0.5) is 4.39 Å². The zero-order valence-electron chi connectivity index (χ0n) is 18.0. The molecular formula is C25H22FN3O3S. The summed E-state index contributed by atoms with van der Waals surface area (Å²) in [5, 5.41) is 2.42. The summed E-state index contributed by atoms with van der Waals surface area (Å²) in [5.74, 6) is -0.619. The summed E-state index contributed by atoms with van der Waals surface area (Å²) in [5.41, 5.74) is 1.49. The highest BCUT2D eigenvalue weighted by Crippen LogP contribution is 2.25. The van der Waals surface area contributed by atoms with Gasteiger partial charge in [-0.15, -0.1) is 0 Å². The first-order valence-corrected chi connectivity index (χ1v) is 12.1. The Morgan fingerprint density at radius 1 is 0.909 bits per heavy atom. The Hall–Kier alpha value is -3.36. The minimum Gasteiger partial charge on any atom is -0.336 e. The van der Waals surface area contributed by atoms with Gasteiger partial charge in [0.15, 0.2) is 0 Å². The van der Waals surface area contributed by atoms with E-state index < -0.39 is 15.8 Å². The Balaban J connectivity index is 1.36. The molecule has 168 valence electrons. The number of aryl methyl sites for hydroxylation is 1. The molecule has 1 aliphatic heterocycles. The minimum absolute atomic E-state index is 0.206. The summed E-state index contributed by atoms with van der Waals surface area (Å²) >= 11 is 0. The smallest absolute Gasteiger partial charge is 0.254 e. The van der Waals surface area contributed by atoms with Crippen molar-refractivity contribution in [2.45, 2.75) is 11.8 Å². The third-order valence-electron chi connectivity index (χ3n) is 6.01. The fourth-order valence-electron chi connectivity index (χ4n) is 4.29. The highest BCUT2D eigenvalue weighted by molar-refractivity contribution is 7.89. The van der Waals surface area contributed by atoms with E-state index >= 15 is 0 Å². The van der Waals surface area contributed by atoms with Gasteiger partial charge < -0.3 is 4.90 Å². The molecule has 0 aliphatic carbocycles. The number of carbonyl (C=O) groups excluding carboxylic acids is 1. The van der Waals surface area contributed by atoms with Gasteiger partial charge in [0.25, 0.3) is 5.91 Å². The number of fused-ring (bicyclic) bond motifs is 2. The Bertz CT molecular complexity index is 1490. The lowest BCUT2D eigenvalue weighted by molar-refractivity contribution is 0.0699. The number of carbonyl (C=O) groups is 1. The van der Waals surface area contributed by atoms with Crippen LogP contribution < -0.4 is 0 Å². The molecular weight excluding hydrogens is 441 g/mol. The van der Waals surface area contributed by atoms with Gasteiger partial charge in [-0.1, -0.05) is 30.3 Å². The largest absolute Gasteiger partial charge is 0.336 e. The molecule has 5 rings (SSSR count). The molecule has 0 saturated carbocycles. The van der Waals surface area contributed by atoms with E-state index in [4.69, 9.17) is 0 Å². The first-order chi connectivity index (χ1) is 15.8. The summed E-state index contributed by atoms with van der Waals surface area (Å²) < 4.78 is 41.5. The van der Waals surface area contributed by atoms with Gasteiger partial charge in [0, 0.05) is 43.3 Å². The van der Waals surface area contributed by atoms with Crippen LogP contribution in [0, 0.1) is 12.7 Å². The second kappa shape index (κ2) is 8.20. The molecule has 4 aromatic rings. The summed E-state index contributed by atoms with van der Waals surface area (Å²) in [6.45, 7) is 2.72. The molecule has 33 heavy (non-hydrogen) atoms. The van der Waals surface area contributed by atoms with Crippen LogP contribution >= 0.6 is 0 Å². The number of piperazine rings is 1. The number of pyridine rings is 1. The first-order valence-electron chi connectivity index (χ1n) is 10.7. The van der Waals surface area contributed by atoms with Crippen LogP contribution in [0.25, 0.3) is 21.7 Å². The standard InChI is InChI=1S/C25H22FN3O3S/c1-17-14-23(22-9-7-20(26)16-24(22)27-17)25(30)28-10-12-29(13-11-28)33(31,32)21-8-6-18-4-2-3-5-19(18)15-21/h2-9,14-16H,10-13H2,1H3. The number of sulfonamides is 1. The van der Waals surface area contributed by atoms with Gasteiger partial charge >= 0.3 is 0 Å². The van der Waals surface area contributed by atoms with Crippen molar-refractivity contribution in [3.8, 4) is 0 Å². The molecule has 3 aromatic carbocycles. The lowest BCUT2D eigenvalue weighted by Crippen LogP contribution is -2.50. The highest BCUT2D eigenvalue weighted by Gasteiger charge is 2.31. The van der Waals surface area contributed by atoms with Crippen molar-refractivity contribution >= 4 is 37.6 Å². The normalized spacial score (nSPS) is 15.3. The monoisotopic (exact) mass is 463 g/mol. The van der Waals surface area contributed by atoms with Crippen LogP contribution in [0.15, 0.2) is 71.6 Å². The number of halogens is 1. The third kappa shape index (κ3) is 3.96. The number of rotatable bonds is 3. The fraction of sp³-hybridized carbons (Fsp3) is 0.200. The maximum Gasteiger partial charge on any atom is 0.254 e. The average molecular weight is 464 g/mol. The maximum atomic E-state index is 13.6. The zero-order chi connectivity index (χ0) is 23.2. The molecule has 0 spiro atoms. The van der Waals surface area contributed by atoms with Gasteiger partial charge in [0.05, 0.1) is 16.0 Å². The Morgan fingerprint density at radius 2 is 1.64 bits per heavy atom. The number of nitrogens with zero attached hydrogens (tertiary/aromatic N) is 3. The molecule has 0 atom stereocenters. The first kappa shape index (κ1) is 21.5. The van der Waals surface area contributed by atoms with Crippen LogP contribution in [-0.2, 0) is 10.0 Å². The molecule has 1 saturated heterocycles. The van der Waals surface area contributed by atoms with Crippen molar-refractivity contribution in [2.24, 2.45) is 0 Å². The van der Waals surface area contributed by atoms with Crippen LogP contribution in [0.1, 0.15) is 16.1 Å². The predicted octanol–water partition coefficient (Wildman–Crippen LogP) is 3.98. The average Bonchev–Trinajstić information content (AvgIpc) is 2.82. The van der Waals surface area contributed by atoms with Crippen molar-refractivity contribution < 1.29 is 17.6 Å². The van der Waals surface area contributed by atoms with E-state index in [2.05, 4.69) is 4.98 Å². The second-order valence-corrected chi connectivity index (χ2v) is 10.1. The van der Waals surface area contributed by atoms with Gasteiger partial charge in [-0.2, -0.15) is 4.31 Å². The zero-order valence-corrected chi connectivity index (χ0v) is 18.8. The summed E-state index contributed by atoms with van der Waals surface area (Å²) in [6.07, 6.45) is 0. The second-order valence-electron chi connectivity index (χ2n) is 8.18. The van der Waals surface area contributed by atoms with Crippen molar-refractivity contribution in [1.29, 1.82) is 0 Å².